The molecule has 9 heteroatoms. The molecular formula is C19H23N3O5S. The van der Waals surface area contributed by atoms with Crippen LogP contribution in [0.3, 0.4) is 0 Å². The van der Waals surface area contributed by atoms with E-state index in [0.29, 0.717) is 48.9 Å². The zero-order chi connectivity index (χ0) is 20.3. The smallest absolute Gasteiger partial charge is 0.238 e. The molecule has 1 aliphatic rings. The second kappa shape index (κ2) is 8.27. The zero-order valence-electron chi connectivity index (χ0n) is 15.6. The number of nitrogens with two attached hydrogens (primary N) is 2. The molecule has 2 aromatic rings. The maximum Gasteiger partial charge on any atom is 0.238 e. The number of nitrogens with zero attached hydrogens (tertiary/aromatic N) is 1. The Hall–Kier alpha value is -2.46. The van der Waals surface area contributed by atoms with Gasteiger partial charge < -0.3 is 20.1 Å². The molecule has 0 aliphatic carbocycles. The van der Waals surface area contributed by atoms with Crippen molar-refractivity contribution in [3.05, 3.63) is 53.1 Å². The molecule has 0 spiro atoms. The number of methoxy groups -OCH3 is 1. The molecule has 0 amide bonds. The number of primary sulfonamides is 1. The quantitative estimate of drug-likeness (QED) is 0.683. The van der Waals surface area contributed by atoms with Gasteiger partial charge in [0, 0.05) is 36.4 Å². The fourth-order valence-corrected chi connectivity index (χ4v) is 3.71. The van der Waals surface area contributed by atoms with Gasteiger partial charge in [0.1, 0.15) is 5.75 Å². The van der Waals surface area contributed by atoms with E-state index in [0.717, 1.165) is 0 Å². The summed E-state index contributed by atoms with van der Waals surface area (Å²) in [4.78, 5) is 15.3. The molecule has 4 N–H and O–H groups in total. The highest BCUT2D eigenvalue weighted by Gasteiger charge is 2.24. The number of carbonyl (C=O) groups is 1. The third-order valence-corrected chi connectivity index (χ3v) is 5.59. The molecule has 0 bridgehead atoms. The van der Waals surface area contributed by atoms with Crippen LogP contribution >= 0.6 is 0 Å². The van der Waals surface area contributed by atoms with Crippen LogP contribution in [0.2, 0.25) is 0 Å². The van der Waals surface area contributed by atoms with E-state index >= 15 is 0 Å². The third kappa shape index (κ3) is 4.17. The summed E-state index contributed by atoms with van der Waals surface area (Å²) in [5, 5.41) is 5.28. The van der Waals surface area contributed by atoms with Gasteiger partial charge in [-0.05, 0) is 35.9 Å². The van der Waals surface area contributed by atoms with E-state index < -0.39 is 10.0 Å². The highest BCUT2D eigenvalue weighted by atomic mass is 32.2. The van der Waals surface area contributed by atoms with Crippen LogP contribution in [0.25, 0.3) is 0 Å². The minimum absolute atomic E-state index is 0.120. The second-order valence-corrected chi connectivity index (χ2v) is 7.94. The van der Waals surface area contributed by atoms with Crippen LogP contribution in [0, 0.1) is 0 Å². The van der Waals surface area contributed by atoms with Crippen molar-refractivity contribution in [1.82, 2.24) is 0 Å². The molecule has 0 unspecified atom stereocenters. The summed E-state index contributed by atoms with van der Waals surface area (Å²) in [6.07, 6.45) is 0. The molecule has 28 heavy (non-hydrogen) atoms. The molecule has 8 nitrogen and oxygen atoms in total. The number of ketones is 1. The van der Waals surface area contributed by atoms with Crippen LogP contribution in [0.4, 0.5) is 5.69 Å². The Balaban J connectivity index is 2.16. The summed E-state index contributed by atoms with van der Waals surface area (Å²) < 4.78 is 34.3. The number of hydrogen-bond donors (Lipinski definition) is 2. The second-order valence-electron chi connectivity index (χ2n) is 6.38. The normalized spacial score (nSPS) is 14.8. The largest absolute Gasteiger partial charge is 0.497 e. The van der Waals surface area contributed by atoms with E-state index in [-0.39, 0.29) is 22.8 Å². The predicted octanol–water partition coefficient (Wildman–Crippen LogP) is 0.869. The average molecular weight is 405 g/mol. The molecule has 1 heterocycles. The van der Waals surface area contributed by atoms with E-state index in [4.69, 9.17) is 20.3 Å². The Bertz CT molecular complexity index is 985. The number of anilines is 1. The maximum atomic E-state index is 13.4. The first-order valence-electron chi connectivity index (χ1n) is 8.76. The molecule has 3 rings (SSSR count). The molecule has 1 aliphatic heterocycles. The lowest BCUT2D eigenvalue weighted by molar-refractivity contribution is 0.103. The average Bonchev–Trinajstić information content (AvgIpc) is 2.72. The predicted molar refractivity (Wildman–Crippen MR) is 105 cm³/mol. The Morgan fingerprint density at radius 2 is 1.86 bits per heavy atom. The van der Waals surface area contributed by atoms with E-state index in [1.165, 1.54) is 19.2 Å². The molecule has 150 valence electrons. The summed E-state index contributed by atoms with van der Waals surface area (Å²) in [5.41, 5.74) is 7.68. The number of morpholine rings is 1. The van der Waals surface area contributed by atoms with Gasteiger partial charge in [0.2, 0.25) is 10.0 Å². The Kier molecular flexibility index (Phi) is 5.99. The summed E-state index contributed by atoms with van der Waals surface area (Å²) >= 11 is 0. The molecule has 0 radical (unpaired) electrons. The van der Waals surface area contributed by atoms with Crippen molar-refractivity contribution in [3.63, 3.8) is 0 Å². The standard InChI is InChI=1S/C19H23N3O5S/c1-26-14-3-2-13(12-20)16(10-14)19(23)17-11-15(28(21,24)25)4-5-18(17)22-6-8-27-9-7-22/h2-5,10-11H,6-9,12,20H2,1H3,(H2,21,24,25). The summed E-state index contributed by atoms with van der Waals surface area (Å²) in [7, 11) is -2.46. The lowest BCUT2D eigenvalue weighted by atomic mass is 9.96. The van der Waals surface area contributed by atoms with Gasteiger partial charge in [0.05, 0.1) is 25.2 Å². The van der Waals surface area contributed by atoms with Gasteiger partial charge in [-0.15, -0.1) is 0 Å². The molecule has 2 aromatic carbocycles. The van der Waals surface area contributed by atoms with Crippen molar-refractivity contribution in [3.8, 4) is 5.75 Å². The first-order valence-corrected chi connectivity index (χ1v) is 10.3. The number of rotatable bonds is 6. The first-order chi connectivity index (χ1) is 13.3. The Morgan fingerprint density at radius 3 is 2.46 bits per heavy atom. The third-order valence-electron chi connectivity index (χ3n) is 4.67. The maximum absolute atomic E-state index is 13.4. The van der Waals surface area contributed by atoms with Crippen LogP contribution in [0.1, 0.15) is 21.5 Å². The summed E-state index contributed by atoms with van der Waals surface area (Å²) in [6, 6.07) is 9.40. The number of ether oxygens (including phenoxy) is 2. The van der Waals surface area contributed by atoms with Crippen LogP contribution < -0.4 is 20.5 Å². The van der Waals surface area contributed by atoms with Gasteiger partial charge in [-0.2, -0.15) is 0 Å². The summed E-state index contributed by atoms with van der Waals surface area (Å²) in [6.45, 7) is 2.40. The number of hydrogen-bond acceptors (Lipinski definition) is 7. The monoisotopic (exact) mass is 405 g/mol. The van der Waals surface area contributed by atoms with Crippen molar-refractivity contribution in [2.45, 2.75) is 11.4 Å². The highest BCUT2D eigenvalue weighted by molar-refractivity contribution is 7.89. The van der Waals surface area contributed by atoms with Crippen molar-refractivity contribution >= 4 is 21.5 Å². The van der Waals surface area contributed by atoms with Crippen molar-refractivity contribution in [2.75, 3.05) is 38.3 Å². The van der Waals surface area contributed by atoms with Crippen LogP contribution in [0.5, 0.6) is 5.75 Å². The van der Waals surface area contributed by atoms with Crippen molar-refractivity contribution in [2.24, 2.45) is 10.9 Å². The van der Waals surface area contributed by atoms with Crippen molar-refractivity contribution < 1.29 is 22.7 Å². The molecule has 1 fully saturated rings. The fourth-order valence-electron chi connectivity index (χ4n) is 3.17. The molecule has 0 atom stereocenters. The lowest BCUT2D eigenvalue weighted by Crippen LogP contribution is -2.37. The fraction of sp³-hybridized carbons (Fsp3) is 0.316. The number of benzene rings is 2. The number of sulfonamides is 1. The molecular weight excluding hydrogens is 382 g/mol. The Morgan fingerprint density at radius 1 is 1.14 bits per heavy atom. The van der Waals surface area contributed by atoms with E-state index in [9.17, 15) is 13.2 Å². The van der Waals surface area contributed by atoms with Crippen LogP contribution in [-0.4, -0.2) is 47.6 Å². The topological polar surface area (TPSA) is 125 Å². The van der Waals surface area contributed by atoms with Crippen LogP contribution in [0.15, 0.2) is 41.3 Å². The van der Waals surface area contributed by atoms with E-state index in [2.05, 4.69) is 0 Å². The van der Waals surface area contributed by atoms with Gasteiger partial charge in [-0.3, -0.25) is 4.79 Å². The van der Waals surface area contributed by atoms with Gasteiger partial charge in [0.15, 0.2) is 5.78 Å². The number of carbonyl (C=O) groups excluding carboxylic acids is 1. The SMILES string of the molecule is COc1ccc(CN)c(C(=O)c2cc(S(N)(=O)=O)ccc2N2CCOCC2)c1. The minimum atomic E-state index is -3.96. The lowest BCUT2D eigenvalue weighted by Gasteiger charge is -2.30. The summed E-state index contributed by atoms with van der Waals surface area (Å²) in [5.74, 6) is 0.169. The van der Waals surface area contributed by atoms with Gasteiger partial charge in [-0.25, -0.2) is 13.6 Å². The molecule has 0 saturated carbocycles. The van der Waals surface area contributed by atoms with Gasteiger partial charge in [0.25, 0.3) is 0 Å². The zero-order valence-corrected chi connectivity index (χ0v) is 16.4. The van der Waals surface area contributed by atoms with Gasteiger partial charge in [-0.1, -0.05) is 6.07 Å². The van der Waals surface area contributed by atoms with Crippen molar-refractivity contribution in [1.29, 1.82) is 0 Å². The van der Waals surface area contributed by atoms with Crippen LogP contribution in [-0.2, 0) is 21.3 Å². The van der Waals surface area contributed by atoms with E-state index in [1.807, 2.05) is 4.90 Å². The molecule has 1 saturated heterocycles. The Labute approximate surface area is 164 Å². The van der Waals surface area contributed by atoms with E-state index in [1.54, 1.807) is 24.3 Å². The highest BCUT2D eigenvalue weighted by Crippen LogP contribution is 2.29. The minimum Gasteiger partial charge on any atom is -0.497 e. The molecule has 0 aromatic heterocycles. The first kappa shape index (κ1) is 20.3. The van der Waals surface area contributed by atoms with Gasteiger partial charge >= 0.3 is 0 Å².